The number of carbonyl (C=O) groups excluding carboxylic acids is 1. The van der Waals surface area contributed by atoms with Crippen molar-refractivity contribution in [3.8, 4) is 11.5 Å². The number of aryl methyl sites for hydroxylation is 1. The number of hydrogen-bond donors (Lipinski definition) is 2. The Balaban J connectivity index is 1.32. The summed E-state index contributed by atoms with van der Waals surface area (Å²) in [5.74, 6) is 0.770. The van der Waals surface area contributed by atoms with Gasteiger partial charge in [-0.15, -0.1) is 0 Å². The molecule has 2 aromatic rings. The van der Waals surface area contributed by atoms with E-state index in [1.165, 1.54) is 17.7 Å². The Labute approximate surface area is 170 Å². The van der Waals surface area contributed by atoms with Gasteiger partial charge in [-0.3, -0.25) is 4.79 Å². The van der Waals surface area contributed by atoms with Gasteiger partial charge in [-0.05, 0) is 42.5 Å². The van der Waals surface area contributed by atoms with Crippen LogP contribution in [0, 0.1) is 0 Å². The first-order valence-electron chi connectivity index (χ1n) is 9.79. The van der Waals surface area contributed by atoms with E-state index in [2.05, 4.69) is 16.1 Å². The molecule has 0 saturated heterocycles. The molecule has 1 amide bonds. The van der Waals surface area contributed by atoms with E-state index in [4.69, 9.17) is 9.47 Å². The average molecular weight is 416 g/mol. The van der Waals surface area contributed by atoms with Gasteiger partial charge in [0.15, 0.2) is 11.5 Å². The molecular formula is C21H24N2O5S. The molecule has 2 N–H and O–H groups in total. The summed E-state index contributed by atoms with van der Waals surface area (Å²) in [5, 5.41) is 3.03. The van der Waals surface area contributed by atoms with Crippen LogP contribution in [0.25, 0.3) is 0 Å². The number of rotatable bonds is 6. The second-order valence-electron chi connectivity index (χ2n) is 7.16. The summed E-state index contributed by atoms with van der Waals surface area (Å²) in [6, 6.07) is 12.6. The van der Waals surface area contributed by atoms with Crippen LogP contribution in [0.2, 0.25) is 0 Å². The molecule has 154 valence electrons. The van der Waals surface area contributed by atoms with Gasteiger partial charge in [0.2, 0.25) is 15.9 Å². The highest BCUT2D eigenvalue weighted by Crippen LogP contribution is 2.32. The predicted molar refractivity (Wildman–Crippen MR) is 108 cm³/mol. The first kappa shape index (κ1) is 19.7. The molecule has 0 fully saturated rings. The summed E-state index contributed by atoms with van der Waals surface area (Å²) in [7, 11) is -3.74. The van der Waals surface area contributed by atoms with Crippen LogP contribution in [-0.4, -0.2) is 34.1 Å². The van der Waals surface area contributed by atoms with Crippen molar-refractivity contribution in [1.29, 1.82) is 0 Å². The molecule has 4 rings (SSSR count). The summed E-state index contributed by atoms with van der Waals surface area (Å²) >= 11 is 0. The number of amides is 1. The van der Waals surface area contributed by atoms with Crippen molar-refractivity contribution < 1.29 is 22.7 Å². The monoisotopic (exact) mass is 416 g/mol. The van der Waals surface area contributed by atoms with E-state index in [0.29, 0.717) is 24.7 Å². The van der Waals surface area contributed by atoms with Crippen LogP contribution in [0.4, 0.5) is 0 Å². The third-order valence-corrected chi connectivity index (χ3v) is 6.63. The molecule has 0 bridgehead atoms. The lowest BCUT2D eigenvalue weighted by molar-refractivity contribution is -0.121. The first-order chi connectivity index (χ1) is 14.0. The van der Waals surface area contributed by atoms with Crippen LogP contribution < -0.4 is 19.5 Å². The second kappa shape index (κ2) is 8.42. The second-order valence-corrected chi connectivity index (χ2v) is 8.93. The molecule has 1 aliphatic heterocycles. The van der Waals surface area contributed by atoms with Gasteiger partial charge in [-0.2, -0.15) is 0 Å². The van der Waals surface area contributed by atoms with Gasteiger partial charge in [0.05, 0.1) is 10.9 Å². The lowest BCUT2D eigenvalue weighted by Gasteiger charge is -2.26. The third kappa shape index (κ3) is 4.54. The van der Waals surface area contributed by atoms with E-state index < -0.39 is 10.0 Å². The van der Waals surface area contributed by atoms with Gasteiger partial charge in [0.25, 0.3) is 0 Å². The van der Waals surface area contributed by atoms with E-state index in [-0.39, 0.29) is 29.8 Å². The maximum absolute atomic E-state index is 12.5. The SMILES string of the molecule is O=C(CCNS(=O)(=O)c1ccc2c(c1)OCCO2)N[C@@H]1CCCc2ccccc21. The third-order valence-electron chi connectivity index (χ3n) is 5.17. The largest absolute Gasteiger partial charge is 0.486 e. The molecule has 1 heterocycles. The number of ether oxygens (including phenoxy) is 2. The van der Waals surface area contributed by atoms with Crippen LogP contribution in [0.15, 0.2) is 47.4 Å². The smallest absolute Gasteiger partial charge is 0.240 e. The molecule has 8 heteroatoms. The maximum atomic E-state index is 12.5. The molecule has 2 aromatic carbocycles. The fourth-order valence-electron chi connectivity index (χ4n) is 3.74. The zero-order chi connectivity index (χ0) is 20.3. The minimum Gasteiger partial charge on any atom is -0.486 e. The molecule has 0 saturated carbocycles. The summed E-state index contributed by atoms with van der Waals surface area (Å²) in [4.78, 5) is 12.4. The molecule has 0 unspecified atom stereocenters. The van der Waals surface area contributed by atoms with Crippen molar-refractivity contribution in [2.75, 3.05) is 19.8 Å². The van der Waals surface area contributed by atoms with Crippen molar-refractivity contribution >= 4 is 15.9 Å². The molecule has 0 spiro atoms. The predicted octanol–water partition coefficient (Wildman–Crippen LogP) is 2.32. The Hall–Kier alpha value is -2.58. The molecular weight excluding hydrogens is 392 g/mol. The maximum Gasteiger partial charge on any atom is 0.240 e. The number of nitrogens with one attached hydrogen (secondary N) is 2. The van der Waals surface area contributed by atoms with Crippen LogP contribution in [0.3, 0.4) is 0 Å². The highest BCUT2D eigenvalue weighted by molar-refractivity contribution is 7.89. The number of benzene rings is 2. The number of hydrogen-bond acceptors (Lipinski definition) is 5. The standard InChI is InChI=1S/C21H24N2O5S/c24-21(23-18-7-3-5-15-4-1-2-6-17(15)18)10-11-22-29(25,26)16-8-9-19-20(14-16)28-13-12-27-19/h1-2,4,6,8-9,14,18,22H,3,5,7,10-13H2,(H,23,24)/t18-/m1/s1. The van der Waals surface area contributed by atoms with Gasteiger partial charge in [-0.25, -0.2) is 13.1 Å². The quantitative estimate of drug-likeness (QED) is 0.754. The van der Waals surface area contributed by atoms with E-state index in [1.54, 1.807) is 6.07 Å². The van der Waals surface area contributed by atoms with Gasteiger partial charge in [-0.1, -0.05) is 24.3 Å². The van der Waals surface area contributed by atoms with Crippen LogP contribution in [-0.2, 0) is 21.2 Å². The molecule has 1 aliphatic carbocycles. The van der Waals surface area contributed by atoms with Gasteiger partial charge < -0.3 is 14.8 Å². The van der Waals surface area contributed by atoms with Crippen LogP contribution >= 0.6 is 0 Å². The summed E-state index contributed by atoms with van der Waals surface area (Å²) in [6.07, 6.45) is 3.02. The van der Waals surface area contributed by atoms with Crippen molar-refractivity contribution in [2.24, 2.45) is 0 Å². The highest BCUT2D eigenvalue weighted by atomic mass is 32.2. The molecule has 0 radical (unpaired) electrons. The Bertz CT molecular complexity index is 1010. The van der Waals surface area contributed by atoms with E-state index in [0.717, 1.165) is 24.8 Å². The lowest BCUT2D eigenvalue weighted by Crippen LogP contribution is -2.34. The number of carbonyl (C=O) groups is 1. The van der Waals surface area contributed by atoms with E-state index in [9.17, 15) is 13.2 Å². The zero-order valence-corrected chi connectivity index (χ0v) is 16.8. The fourth-order valence-corrected chi connectivity index (χ4v) is 4.79. The normalized spacial score (nSPS) is 18.0. The minimum absolute atomic E-state index is 0.0122. The molecule has 0 aromatic heterocycles. The topological polar surface area (TPSA) is 93.7 Å². The summed E-state index contributed by atoms with van der Waals surface area (Å²) < 4.78 is 38.4. The van der Waals surface area contributed by atoms with Gasteiger partial charge in [0, 0.05) is 19.0 Å². The van der Waals surface area contributed by atoms with Crippen molar-refractivity contribution in [2.45, 2.75) is 36.6 Å². The summed E-state index contributed by atoms with van der Waals surface area (Å²) in [5.41, 5.74) is 2.42. The van der Waals surface area contributed by atoms with Crippen LogP contribution in [0.5, 0.6) is 11.5 Å². The highest BCUT2D eigenvalue weighted by Gasteiger charge is 2.22. The first-order valence-corrected chi connectivity index (χ1v) is 11.3. The van der Waals surface area contributed by atoms with Gasteiger partial charge >= 0.3 is 0 Å². The van der Waals surface area contributed by atoms with Crippen molar-refractivity contribution in [3.63, 3.8) is 0 Å². The van der Waals surface area contributed by atoms with E-state index >= 15 is 0 Å². The molecule has 2 aliphatic rings. The molecule has 1 atom stereocenters. The number of fused-ring (bicyclic) bond motifs is 2. The average Bonchev–Trinajstić information content (AvgIpc) is 2.73. The van der Waals surface area contributed by atoms with Crippen molar-refractivity contribution in [3.05, 3.63) is 53.6 Å². The minimum atomic E-state index is -3.74. The van der Waals surface area contributed by atoms with Crippen LogP contribution in [0.1, 0.15) is 36.4 Å². The Morgan fingerprint density at radius 1 is 1.07 bits per heavy atom. The number of sulfonamides is 1. The Kier molecular flexibility index (Phi) is 5.73. The van der Waals surface area contributed by atoms with E-state index in [1.807, 2.05) is 18.2 Å². The Morgan fingerprint density at radius 2 is 1.86 bits per heavy atom. The Morgan fingerprint density at radius 3 is 2.72 bits per heavy atom. The fraction of sp³-hybridized carbons (Fsp3) is 0.381. The summed E-state index contributed by atoms with van der Waals surface area (Å²) in [6.45, 7) is 0.850. The lowest BCUT2D eigenvalue weighted by atomic mass is 9.88. The van der Waals surface area contributed by atoms with Gasteiger partial charge in [0.1, 0.15) is 13.2 Å². The molecule has 29 heavy (non-hydrogen) atoms. The zero-order valence-electron chi connectivity index (χ0n) is 16.0. The molecule has 7 nitrogen and oxygen atoms in total. The van der Waals surface area contributed by atoms with Crippen molar-refractivity contribution in [1.82, 2.24) is 10.0 Å².